The van der Waals surface area contributed by atoms with Crippen molar-refractivity contribution in [3.05, 3.63) is 47.3 Å². The highest BCUT2D eigenvalue weighted by molar-refractivity contribution is 5.30. The minimum Gasteiger partial charge on any atom is -0.363 e. The second kappa shape index (κ2) is 3.92. The zero-order valence-corrected chi connectivity index (χ0v) is 9.43. The second-order valence-electron chi connectivity index (χ2n) is 4.07. The lowest BCUT2D eigenvalue weighted by Crippen LogP contribution is -2.24. The predicted molar refractivity (Wildman–Crippen MR) is 59.0 cm³/mol. The average Bonchev–Trinajstić information content (AvgIpc) is 2.81. The number of hydrogen-bond donors (Lipinski definition) is 0. The number of nitrogens with zero attached hydrogens (tertiary/aromatic N) is 3. The molecule has 5 heteroatoms. The molecule has 1 unspecified atom stereocenters. The molecule has 1 aromatic carbocycles. The summed E-state index contributed by atoms with van der Waals surface area (Å²) >= 11 is 0. The summed E-state index contributed by atoms with van der Waals surface area (Å²) in [6, 6.07) is 5.30. The summed E-state index contributed by atoms with van der Waals surface area (Å²) in [6.07, 6.45) is 1.02. The molecule has 4 nitrogen and oxygen atoms in total. The van der Waals surface area contributed by atoms with Gasteiger partial charge in [0.2, 0.25) is 0 Å². The fourth-order valence-electron chi connectivity index (χ4n) is 2.08. The fourth-order valence-corrected chi connectivity index (χ4v) is 2.08. The summed E-state index contributed by atoms with van der Waals surface area (Å²) in [5.74, 6) is 0.440. The monoisotopic (exact) mass is 233 g/mol. The number of aromatic nitrogens is 3. The van der Waals surface area contributed by atoms with Gasteiger partial charge in [0.1, 0.15) is 18.2 Å². The van der Waals surface area contributed by atoms with Gasteiger partial charge in [-0.1, -0.05) is 18.2 Å². The van der Waals surface area contributed by atoms with Crippen LogP contribution in [0.25, 0.3) is 0 Å². The average molecular weight is 233 g/mol. The van der Waals surface area contributed by atoms with E-state index in [9.17, 15) is 4.39 Å². The number of rotatable bonds is 1. The van der Waals surface area contributed by atoms with E-state index in [1.807, 2.05) is 6.07 Å². The van der Waals surface area contributed by atoms with Gasteiger partial charge in [-0.15, -0.1) is 0 Å². The third kappa shape index (κ3) is 1.63. The Morgan fingerprint density at radius 1 is 1.47 bits per heavy atom. The van der Waals surface area contributed by atoms with Crippen LogP contribution in [-0.2, 0) is 11.3 Å². The maximum absolute atomic E-state index is 14.0. The van der Waals surface area contributed by atoms with Crippen LogP contribution in [0.2, 0.25) is 0 Å². The van der Waals surface area contributed by atoms with E-state index in [2.05, 4.69) is 10.1 Å². The number of benzene rings is 1. The van der Waals surface area contributed by atoms with Crippen LogP contribution in [0.3, 0.4) is 0 Å². The molecule has 2 heterocycles. The summed E-state index contributed by atoms with van der Waals surface area (Å²) in [6.45, 7) is 2.93. The molecule has 3 rings (SSSR count). The molecular formula is C12H12FN3O. The largest absolute Gasteiger partial charge is 0.363 e. The molecule has 0 N–H and O–H groups in total. The minimum absolute atomic E-state index is 0.228. The first-order chi connectivity index (χ1) is 8.27. The smallest absolute Gasteiger partial charge is 0.160 e. The zero-order chi connectivity index (χ0) is 11.8. The molecule has 0 aliphatic carbocycles. The van der Waals surface area contributed by atoms with Crippen molar-refractivity contribution in [3.8, 4) is 0 Å². The van der Waals surface area contributed by atoms with Crippen molar-refractivity contribution in [2.75, 3.05) is 6.61 Å². The molecule has 0 bridgehead atoms. The number of aryl methyl sites for hydroxylation is 1. The maximum atomic E-state index is 14.0. The first-order valence-corrected chi connectivity index (χ1v) is 5.51. The van der Waals surface area contributed by atoms with E-state index >= 15 is 0 Å². The molecule has 0 saturated carbocycles. The van der Waals surface area contributed by atoms with E-state index in [1.54, 1.807) is 23.7 Å². The van der Waals surface area contributed by atoms with E-state index < -0.39 is 6.10 Å². The molecule has 1 aromatic heterocycles. The second-order valence-corrected chi connectivity index (χ2v) is 4.07. The lowest BCUT2D eigenvalue weighted by molar-refractivity contribution is 0.0368. The van der Waals surface area contributed by atoms with Crippen LogP contribution in [0.1, 0.15) is 23.1 Å². The molecule has 0 saturated heterocycles. The van der Waals surface area contributed by atoms with Crippen molar-refractivity contribution in [1.29, 1.82) is 0 Å². The molecule has 0 amide bonds. The van der Waals surface area contributed by atoms with Crippen LogP contribution in [0.5, 0.6) is 0 Å². The maximum Gasteiger partial charge on any atom is 0.160 e. The molecule has 0 fully saturated rings. The number of ether oxygens (including phenoxy) is 1. The summed E-state index contributed by atoms with van der Waals surface area (Å²) in [5, 5.41) is 4.09. The number of halogens is 1. The molecule has 0 radical (unpaired) electrons. The van der Waals surface area contributed by atoms with Gasteiger partial charge in [-0.2, -0.15) is 5.10 Å². The SMILES string of the molecule is Cc1cccc(C2OCCn3ncnc32)c1F. The molecule has 17 heavy (non-hydrogen) atoms. The quantitative estimate of drug-likeness (QED) is 0.754. The highest BCUT2D eigenvalue weighted by Gasteiger charge is 2.27. The lowest BCUT2D eigenvalue weighted by Gasteiger charge is -2.23. The summed E-state index contributed by atoms with van der Waals surface area (Å²) < 4.78 is 21.4. The van der Waals surface area contributed by atoms with Crippen molar-refractivity contribution in [3.63, 3.8) is 0 Å². The van der Waals surface area contributed by atoms with Crippen LogP contribution in [-0.4, -0.2) is 21.4 Å². The third-order valence-electron chi connectivity index (χ3n) is 2.97. The Hall–Kier alpha value is -1.75. The van der Waals surface area contributed by atoms with E-state index in [0.29, 0.717) is 30.1 Å². The third-order valence-corrected chi connectivity index (χ3v) is 2.97. The topological polar surface area (TPSA) is 39.9 Å². The van der Waals surface area contributed by atoms with Gasteiger partial charge < -0.3 is 4.74 Å². The van der Waals surface area contributed by atoms with Crippen molar-refractivity contribution >= 4 is 0 Å². The van der Waals surface area contributed by atoms with Crippen LogP contribution in [0.4, 0.5) is 4.39 Å². The van der Waals surface area contributed by atoms with Gasteiger partial charge >= 0.3 is 0 Å². The van der Waals surface area contributed by atoms with Crippen LogP contribution in [0, 0.1) is 12.7 Å². The zero-order valence-electron chi connectivity index (χ0n) is 9.43. The van der Waals surface area contributed by atoms with Crippen molar-refractivity contribution in [2.24, 2.45) is 0 Å². The van der Waals surface area contributed by atoms with Gasteiger partial charge in [0.25, 0.3) is 0 Å². The van der Waals surface area contributed by atoms with Crippen LogP contribution in [0.15, 0.2) is 24.5 Å². The van der Waals surface area contributed by atoms with E-state index in [1.165, 1.54) is 6.33 Å². The Morgan fingerprint density at radius 3 is 3.24 bits per heavy atom. The van der Waals surface area contributed by atoms with Gasteiger partial charge in [0.05, 0.1) is 13.2 Å². The molecular weight excluding hydrogens is 221 g/mol. The Labute approximate surface area is 98.0 Å². The summed E-state index contributed by atoms with van der Waals surface area (Å²) in [4.78, 5) is 4.15. The highest BCUT2D eigenvalue weighted by atomic mass is 19.1. The molecule has 2 aromatic rings. The van der Waals surface area contributed by atoms with E-state index in [-0.39, 0.29) is 5.82 Å². The molecule has 1 aliphatic rings. The Bertz CT molecular complexity index is 552. The summed E-state index contributed by atoms with van der Waals surface area (Å²) in [5.41, 5.74) is 1.14. The van der Waals surface area contributed by atoms with Gasteiger partial charge in [-0.25, -0.2) is 14.1 Å². The normalized spacial score (nSPS) is 19.1. The minimum atomic E-state index is -0.453. The Kier molecular flexibility index (Phi) is 2.40. The van der Waals surface area contributed by atoms with Gasteiger partial charge in [-0.3, -0.25) is 0 Å². The first kappa shape index (κ1) is 10.4. The standard InChI is InChI=1S/C12H12FN3O/c1-8-3-2-4-9(10(8)13)11-12-14-7-15-16(12)5-6-17-11/h2-4,7,11H,5-6H2,1H3. The van der Waals surface area contributed by atoms with E-state index in [0.717, 1.165) is 0 Å². The Balaban J connectivity index is 2.10. The van der Waals surface area contributed by atoms with Crippen molar-refractivity contribution < 1.29 is 9.13 Å². The highest BCUT2D eigenvalue weighted by Crippen LogP contribution is 2.29. The molecule has 0 spiro atoms. The number of hydrogen-bond acceptors (Lipinski definition) is 3. The van der Waals surface area contributed by atoms with Crippen LogP contribution >= 0.6 is 0 Å². The molecule has 88 valence electrons. The number of fused-ring (bicyclic) bond motifs is 1. The molecule has 1 aliphatic heterocycles. The predicted octanol–water partition coefficient (Wildman–Crippen LogP) is 1.85. The van der Waals surface area contributed by atoms with Gasteiger partial charge in [0.15, 0.2) is 5.82 Å². The summed E-state index contributed by atoms with van der Waals surface area (Å²) in [7, 11) is 0. The lowest BCUT2D eigenvalue weighted by atomic mass is 10.0. The van der Waals surface area contributed by atoms with Crippen molar-refractivity contribution in [2.45, 2.75) is 19.6 Å². The first-order valence-electron chi connectivity index (χ1n) is 5.51. The molecule has 1 atom stereocenters. The fraction of sp³-hybridized carbons (Fsp3) is 0.333. The van der Waals surface area contributed by atoms with Crippen LogP contribution < -0.4 is 0 Å². The van der Waals surface area contributed by atoms with Gasteiger partial charge in [-0.05, 0) is 12.5 Å². The van der Waals surface area contributed by atoms with E-state index in [4.69, 9.17) is 4.74 Å². The van der Waals surface area contributed by atoms with Crippen molar-refractivity contribution in [1.82, 2.24) is 14.8 Å². The Morgan fingerprint density at radius 2 is 2.35 bits per heavy atom. The van der Waals surface area contributed by atoms with Gasteiger partial charge in [0, 0.05) is 5.56 Å².